The summed E-state index contributed by atoms with van der Waals surface area (Å²) in [5.41, 5.74) is 1.12. The first-order valence-electron chi connectivity index (χ1n) is 10.1. The first-order chi connectivity index (χ1) is 13.9. The highest BCUT2D eigenvalue weighted by molar-refractivity contribution is 5.80. The fourth-order valence-corrected chi connectivity index (χ4v) is 3.46. The number of piperazine rings is 1. The minimum Gasteiger partial charge on any atom is -0.493 e. The summed E-state index contributed by atoms with van der Waals surface area (Å²) in [5.74, 6) is 2.46. The number of carbonyl (C=O) groups is 1. The fourth-order valence-electron chi connectivity index (χ4n) is 3.46. The van der Waals surface area contributed by atoms with Crippen LogP contribution in [0.5, 0.6) is 11.5 Å². The molecule has 2 rings (SSSR count). The molecule has 0 radical (unpaired) electrons. The molecule has 1 atom stereocenters. The number of amides is 1. The Morgan fingerprint density at radius 2 is 1.76 bits per heavy atom. The van der Waals surface area contributed by atoms with Crippen molar-refractivity contribution in [1.82, 2.24) is 20.0 Å². The SMILES string of the molecule is CCNC(=NCC(c1ccc(OC)c(OC)c1)N(C)C)N1CCN(C(C)=O)CC1. The van der Waals surface area contributed by atoms with Gasteiger partial charge in [-0.1, -0.05) is 6.07 Å². The van der Waals surface area contributed by atoms with E-state index in [1.54, 1.807) is 21.1 Å². The Kier molecular flexibility index (Phi) is 8.57. The van der Waals surface area contributed by atoms with E-state index in [0.717, 1.165) is 44.2 Å². The van der Waals surface area contributed by atoms with Gasteiger partial charge in [0, 0.05) is 39.6 Å². The predicted octanol–water partition coefficient (Wildman–Crippen LogP) is 1.44. The number of benzene rings is 1. The molecule has 162 valence electrons. The van der Waals surface area contributed by atoms with Crippen molar-refractivity contribution in [3.8, 4) is 11.5 Å². The number of nitrogens with zero attached hydrogens (tertiary/aromatic N) is 4. The van der Waals surface area contributed by atoms with Crippen molar-refractivity contribution in [2.75, 3.05) is 67.6 Å². The minimum absolute atomic E-state index is 0.0990. The van der Waals surface area contributed by atoms with Gasteiger partial charge < -0.3 is 29.5 Å². The lowest BCUT2D eigenvalue weighted by atomic mass is 10.1. The molecule has 1 amide bonds. The molecular weight excluding hydrogens is 370 g/mol. The van der Waals surface area contributed by atoms with Gasteiger partial charge in [0.2, 0.25) is 5.91 Å². The van der Waals surface area contributed by atoms with Gasteiger partial charge in [0.15, 0.2) is 17.5 Å². The Morgan fingerprint density at radius 3 is 2.28 bits per heavy atom. The summed E-state index contributed by atoms with van der Waals surface area (Å²) in [6.07, 6.45) is 0. The first-order valence-corrected chi connectivity index (χ1v) is 10.1. The van der Waals surface area contributed by atoms with Crippen LogP contribution >= 0.6 is 0 Å². The van der Waals surface area contributed by atoms with Crippen molar-refractivity contribution < 1.29 is 14.3 Å². The van der Waals surface area contributed by atoms with Crippen molar-refractivity contribution in [2.24, 2.45) is 4.99 Å². The van der Waals surface area contributed by atoms with E-state index in [9.17, 15) is 4.79 Å². The highest BCUT2D eigenvalue weighted by Crippen LogP contribution is 2.31. The summed E-state index contributed by atoms with van der Waals surface area (Å²) < 4.78 is 10.8. The highest BCUT2D eigenvalue weighted by Gasteiger charge is 2.22. The Morgan fingerprint density at radius 1 is 1.14 bits per heavy atom. The summed E-state index contributed by atoms with van der Waals surface area (Å²) in [6, 6.07) is 6.10. The molecule has 0 spiro atoms. The van der Waals surface area contributed by atoms with E-state index in [1.807, 2.05) is 17.0 Å². The number of guanidine groups is 1. The maximum atomic E-state index is 11.6. The number of ether oxygens (including phenoxy) is 2. The molecule has 29 heavy (non-hydrogen) atoms. The van der Waals surface area contributed by atoms with Crippen LogP contribution in [0.2, 0.25) is 0 Å². The second-order valence-electron chi connectivity index (χ2n) is 7.28. The molecule has 1 N–H and O–H groups in total. The molecule has 1 aromatic carbocycles. The molecule has 1 saturated heterocycles. The van der Waals surface area contributed by atoms with Crippen molar-refractivity contribution in [1.29, 1.82) is 0 Å². The van der Waals surface area contributed by atoms with E-state index in [2.05, 4.69) is 42.2 Å². The smallest absolute Gasteiger partial charge is 0.219 e. The number of hydrogen-bond donors (Lipinski definition) is 1. The standard InChI is InChI=1S/C21H35N5O3/c1-7-22-21(26-12-10-25(11-13-26)16(2)27)23-15-18(24(3)4)17-8-9-19(28-5)20(14-17)29-6/h8-9,14,18H,7,10-13,15H2,1-6H3,(H,22,23). The molecule has 1 aromatic rings. The first kappa shape index (κ1) is 22.8. The molecule has 8 nitrogen and oxygen atoms in total. The van der Waals surface area contributed by atoms with Crippen LogP contribution in [0.1, 0.15) is 25.5 Å². The molecule has 0 aromatic heterocycles. The lowest BCUT2D eigenvalue weighted by Crippen LogP contribution is -2.53. The largest absolute Gasteiger partial charge is 0.493 e. The van der Waals surface area contributed by atoms with E-state index in [1.165, 1.54) is 0 Å². The Balaban J connectivity index is 2.17. The Labute approximate surface area is 174 Å². The van der Waals surface area contributed by atoms with Crippen LogP contribution in [0.15, 0.2) is 23.2 Å². The average molecular weight is 406 g/mol. The van der Waals surface area contributed by atoms with Crippen LogP contribution in [0.25, 0.3) is 0 Å². The quantitative estimate of drug-likeness (QED) is 0.547. The Hall–Kier alpha value is -2.48. The Bertz CT molecular complexity index is 700. The van der Waals surface area contributed by atoms with Crippen molar-refractivity contribution in [3.63, 3.8) is 0 Å². The number of hydrogen-bond acceptors (Lipinski definition) is 5. The van der Waals surface area contributed by atoms with Gasteiger partial charge in [0.1, 0.15) is 0 Å². The number of carbonyl (C=O) groups excluding carboxylic acids is 1. The van der Waals surface area contributed by atoms with Crippen LogP contribution < -0.4 is 14.8 Å². The normalized spacial score (nSPS) is 16.0. The predicted molar refractivity (Wildman–Crippen MR) is 116 cm³/mol. The lowest BCUT2D eigenvalue weighted by molar-refractivity contribution is -0.130. The average Bonchev–Trinajstić information content (AvgIpc) is 2.72. The zero-order chi connectivity index (χ0) is 21.4. The lowest BCUT2D eigenvalue weighted by Gasteiger charge is -2.36. The van der Waals surface area contributed by atoms with Crippen LogP contribution in [0, 0.1) is 0 Å². The van der Waals surface area contributed by atoms with Crippen molar-refractivity contribution in [2.45, 2.75) is 19.9 Å². The van der Waals surface area contributed by atoms with Crippen LogP contribution in [-0.2, 0) is 4.79 Å². The number of methoxy groups -OCH3 is 2. The van der Waals surface area contributed by atoms with E-state index >= 15 is 0 Å². The second-order valence-corrected chi connectivity index (χ2v) is 7.28. The third-order valence-electron chi connectivity index (χ3n) is 5.19. The zero-order valence-electron chi connectivity index (χ0n) is 18.6. The molecule has 1 heterocycles. The molecular formula is C21H35N5O3. The second kappa shape index (κ2) is 10.9. The topological polar surface area (TPSA) is 69.6 Å². The van der Waals surface area contributed by atoms with Gasteiger partial charge in [0.25, 0.3) is 0 Å². The summed E-state index contributed by atoms with van der Waals surface area (Å²) in [7, 11) is 7.39. The van der Waals surface area contributed by atoms with Gasteiger partial charge in [-0.2, -0.15) is 0 Å². The number of aliphatic imine (C=N–C) groups is 1. The summed E-state index contributed by atoms with van der Waals surface area (Å²) in [4.78, 5) is 22.8. The molecule has 1 aliphatic heterocycles. The molecule has 1 unspecified atom stereocenters. The van der Waals surface area contributed by atoms with Gasteiger partial charge in [-0.3, -0.25) is 9.79 Å². The molecule has 1 fully saturated rings. The number of likely N-dealkylation sites (N-methyl/N-ethyl adjacent to an activating group) is 1. The third kappa shape index (κ3) is 6.00. The third-order valence-corrected chi connectivity index (χ3v) is 5.19. The maximum Gasteiger partial charge on any atom is 0.219 e. The van der Waals surface area contributed by atoms with Gasteiger partial charge in [-0.05, 0) is 38.7 Å². The molecule has 0 bridgehead atoms. The zero-order valence-corrected chi connectivity index (χ0v) is 18.6. The van der Waals surface area contributed by atoms with Crippen LogP contribution in [0.4, 0.5) is 0 Å². The van der Waals surface area contributed by atoms with E-state index in [0.29, 0.717) is 18.0 Å². The summed E-state index contributed by atoms with van der Waals surface area (Å²) in [5, 5.41) is 3.39. The van der Waals surface area contributed by atoms with Gasteiger partial charge in [-0.25, -0.2) is 0 Å². The summed E-state index contributed by atoms with van der Waals surface area (Å²) >= 11 is 0. The van der Waals surface area contributed by atoms with E-state index in [4.69, 9.17) is 14.5 Å². The van der Waals surface area contributed by atoms with E-state index < -0.39 is 0 Å². The molecule has 0 saturated carbocycles. The molecule has 8 heteroatoms. The van der Waals surface area contributed by atoms with Gasteiger partial charge in [0.05, 0.1) is 26.8 Å². The monoisotopic (exact) mass is 405 g/mol. The summed E-state index contributed by atoms with van der Waals surface area (Å²) in [6.45, 7) is 8.13. The number of nitrogens with one attached hydrogen (secondary N) is 1. The molecule has 1 aliphatic rings. The fraction of sp³-hybridized carbons (Fsp3) is 0.619. The van der Waals surface area contributed by atoms with Crippen molar-refractivity contribution in [3.05, 3.63) is 23.8 Å². The minimum atomic E-state index is 0.0990. The van der Waals surface area contributed by atoms with Gasteiger partial charge >= 0.3 is 0 Å². The number of rotatable bonds is 7. The molecule has 0 aliphatic carbocycles. The van der Waals surface area contributed by atoms with Gasteiger partial charge in [-0.15, -0.1) is 0 Å². The maximum absolute atomic E-state index is 11.6. The van der Waals surface area contributed by atoms with E-state index in [-0.39, 0.29) is 11.9 Å². The van der Waals surface area contributed by atoms with Crippen molar-refractivity contribution >= 4 is 11.9 Å². The van der Waals surface area contributed by atoms with Crippen LogP contribution in [0.3, 0.4) is 0 Å². The highest BCUT2D eigenvalue weighted by atomic mass is 16.5. The van der Waals surface area contributed by atoms with Crippen LogP contribution in [-0.4, -0.2) is 94.1 Å².